The van der Waals surface area contributed by atoms with Crippen LogP contribution in [0.2, 0.25) is 5.15 Å². The summed E-state index contributed by atoms with van der Waals surface area (Å²) in [6, 6.07) is 0. The minimum absolute atomic E-state index is 0.194. The summed E-state index contributed by atoms with van der Waals surface area (Å²) in [6.07, 6.45) is 5.03. The average molecular weight is 215 g/mol. The van der Waals surface area contributed by atoms with E-state index in [-0.39, 0.29) is 6.10 Å². The van der Waals surface area contributed by atoms with Crippen molar-refractivity contribution in [2.45, 2.75) is 18.9 Å². The Kier molecular flexibility index (Phi) is 3.16. The summed E-state index contributed by atoms with van der Waals surface area (Å²) in [5, 5.41) is 0.379. The van der Waals surface area contributed by atoms with Crippen molar-refractivity contribution in [2.75, 3.05) is 13.2 Å². The molecule has 0 bridgehead atoms. The standard InChI is InChI=1S/C9H11ClN2O2/c10-8-5-12-9(6-11-8)14-7-1-3-13-4-2-7/h5-7H,1-4H2. The first-order valence-electron chi connectivity index (χ1n) is 4.56. The Morgan fingerprint density at radius 1 is 1.29 bits per heavy atom. The van der Waals surface area contributed by atoms with Gasteiger partial charge in [0.2, 0.25) is 5.88 Å². The molecule has 1 aliphatic heterocycles. The zero-order valence-electron chi connectivity index (χ0n) is 7.65. The molecule has 1 saturated heterocycles. The van der Waals surface area contributed by atoms with Crippen LogP contribution in [0, 0.1) is 0 Å². The fraction of sp³-hybridized carbons (Fsp3) is 0.556. The van der Waals surface area contributed by atoms with Crippen molar-refractivity contribution in [1.29, 1.82) is 0 Å². The van der Waals surface area contributed by atoms with Gasteiger partial charge in [-0.25, -0.2) is 9.97 Å². The Hall–Kier alpha value is -0.870. The summed E-state index contributed by atoms with van der Waals surface area (Å²) in [4.78, 5) is 7.91. The van der Waals surface area contributed by atoms with E-state index in [1.54, 1.807) is 0 Å². The fourth-order valence-electron chi connectivity index (χ4n) is 1.33. The SMILES string of the molecule is Clc1cnc(OC2CCOCC2)cn1. The molecule has 4 nitrogen and oxygen atoms in total. The van der Waals surface area contributed by atoms with E-state index in [4.69, 9.17) is 21.1 Å². The van der Waals surface area contributed by atoms with E-state index in [1.807, 2.05) is 0 Å². The topological polar surface area (TPSA) is 44.2 Å². The molecule has 1 aromatic rings. The van der Waals surface area contributed by atoms with Gasteiger partial charge in [0.15, 0.2) is 0 Å². The highest BCUT2D eigenvalue weighted by Crippen LogP contribution is 2.15. The fourth-order valence-corrected chi connectivity index (χ4v) is 1.42. The summed E-state index contributed by atoms with van der Waals surface area (Å²) in [5.41, 5.74) is 0. The first-order chi connectivity index (χ1) is 6.84. The Morgan fingerprint density at radius 3 is 2.71 bits per heavy atom. The van der Waals surface area contributed by atoms with Crippen molar-refractivity contribution in [3.63, 3.8) is 0 Å². The van der Waals surface area contributed by atoms with Crippen molar-refractivity contribution in [3.8, 4) is 5.88 Å². The van der Waals surface area contributed by atoms with Crippen LogP contribution >= 0.6 is 11.6 Å². The van der Waals surface area contributed by atoms with Crippen molar-refractivity contribution < 1.29 is 9.47 Å². The molecule has 0 atom stereocenters. The van der Waals surface area contributed by atoms with E-state index >= 15 is 0 Å². The number of aromatic nitrogens is 2. The van der Waals surface area contributed by atoms with E-state index in [0.29, 0.717) is 11.0 Å². The third kappa shape index (κ3) is 2.56. The van der Waals surface area contributed by atoms with Crippen LogP contribution in [0.25, 0.3) is 0 Å². The molecule has 0 aliphatic carbocycles. The molecule has 0 N–H and O–H groups in total. The minimum atomic E-state index is 0.194. The van der Waals surface area contributed by atoms with Gasteiger partial charge in [0.1, 0.15) is 11.3 Å². The van der Waals surface area contributed by atoms with Gasteiger partial charge in [0.05, 0.1) is 25.6 Å². The van der Waals surface area contributed by atoms with Crippen LogP contribution in [0.15, 0.2) is 12.4 Å². The molecule has 0 saturated carbocycles. The number of halogens is 1. The second kappa shape index (κ2) is 4.57. The predicted molar refractivity (Wildman–Crippen MR) is 51.5 cm³/mol. The summed E-state index contributed by atoms with van der Waals surface area (Å²) in [5.74, 6) is 0.529. The Labute approximate surface area is 87.2 Å². The number of hydrogen-bond donors (Lipinski definition) is 0. The molecule has 2 rings (SSSR count). The van der Waals surface area contributed by atoms with Crippen molar-refractivity contribution in [1.82, 2.24) is 9.97 Å². The maximum absolute atomic E-state index is 5.61. The maximum Gasteiger partial charge on any atom is 0.232 e. The van der Waals surface area contributed by atoms with E-state index < -0.39 is 0 Å². The van der Waals surface area contributed by atoms with Gasteiger partial charge in [0, 0.05) is 12.8 Å². The maximum atomic E-state index is 5.61. The summed E-state index contributed by atoms with van der Waals surface area (Å²) >= 11 is 5.61. The molecule has 0 amide bonds. The highest BCUT2D eigenvalue weighted by Gasteiger charge is 2.15. The summed E-state index contributed by atoms with van der Waals surface area (Å²) < 4.78 is 10.8. The van der Waals surface area contributed by atoms with Crippen molar-refractivity contribution in [3.05, 3.63) is 17.5 Å². The molecule has 0 spiro atoms. The van der Waals surface area contributed by atoms with Crippen LogP contribution in [0.1, 0.15) is 12.8 Å². The molecular formula is C9H11ClN2O2. The highest BCUT2D eigenvalue weighted by molar-refractivity contribution is 6.29. The largest absolute Gasteiger partial charge is 0.473 e. The van der Waals surface area contributed by atoms with Gasteiger partial charge in [-0.1, -0.05) is 11.6 Å². The quantitative estimate of drug-likeness (QED) is 0.752. The molecular weight excluding hydrogens is 204 g/mol. The van der Waals surface area contributed by atoms with E-state index in [0.717, 1.165) is 26.1 Å². The second-order valence-corrected chi connectivity index (χ2v) is 3.49. The van der Waals surface area contributed by atoms with Gasteiger partial charge in [-0.05, 0) is 0 Å². The number of nitrogens with zero attached hydrogens (tertiary/aromatic N) is 2. The van der Waals surface area contributed by atoms with Gasteiger partial charge in [-0.15, -0.1) is 0 Å². The highest BCUT2D eigenvalue weighted by atomic mass is 35.5. The van der Waals surface area contributed by atoms with Crippen LogP contribution in [-0.2, 0) is 4.74 Å². The molecule has 76 valence electrons. The molecule has 14 heavy (non-hydrogen) atoms. The zero-order valence-corrected chi connectivity index (χ0v) is 8.41. The lowest BCUT2D eigenvalue weighted by atomic mass is 10.2. The monoisotopic (exact) mass is 214 g/mol. The molecule has 0 radical (unpaired) electrons. The minimum Gasteiger partial charge on any atom is -0.473 e. The Morgan fingerprint density at radius 2 is 2.07 bits per heavy atom. The lowest BCUT2D eigenvalue weighted by molar-refractivity contribution is 0.0236. The van der Waals surface area contributed by atoms with Crippen LogP contribution in [0.4, 0.5) is 0 Å². The zero-order chi connectivity index (χ0) is 9.80. The van der Waals surface area contributed by atoms with Crippen LogP contribution in [0.3, 0.4) is 0 Å². The molecule has 1 fully saturated rings. The normalized spacial score (nSPS) is 18.1. The smallest absolute Gasteiger partial charge is 0.232 e. The van der Waals surface area contributed by atoms with Crippen LogP contribution in [-0.4, -0.2) is 29.3 Å². The van der Waals surface area contributed by atoms with Gasteiger partial charge >= 0.3 is 0 Å². The van der Waals surface area contributed by atoms with Gasteiger partial charge < -0.3 is 9.47 Å². The van der Waals surface area contributed by atoms with Gasteiger partial charge in [0.25, 0.3) is 0 Å². The molecule has 1 aliphatic rings. The van der Waals surface area contributed by atoms with Gasteiger partial charge in [-0.3, -0.25) is 0 Å². The van der Waals surface area contributed by atoms with Crippen LogP contribution < -0.4 is 4.74 Å². The lowest BCUT2D eigenvalue weighted by Crippen LogP contribution is -2.26. The predicted octanol–water partition coefficient (Wildman–Crippen LogP) is 1.69. The number of ether oxygens (including phenoxy) is 2. The average Bonchev–Trinajstić information content (AvgIpc) is 2.23. The van der Waals surface area contributed by atoms with Crippen molar-refractivity contribution >= 4 is 11.6 Å². The summed E-state index contributed by atoms with van der Waals surface area (Å²) in [6.45, 7) is 1.51. The van der Waals surface area contributed by atoms with Crippen molar-refractivity contribution in [2.24, 2.45) is 0 Å². The molecule has 2 heterocycles. The second-order valence-electron chi connectivity index (χ2n) is 3.11. The summed E-state index contributed by atoms with van der Waals surface area (Å²) in [7, 11) is 0. The third-order valence-corrected chi connectivity index (χ3v) is 2.25. The molecule has 0 aromatic carbocycles. The molecule has 5 heteroatoms. The first kappa shape index (κ1) is 9.68. The number of hydrogen-bond acceptors (Lipinski definition) is 4. The Bertz CT molecular complexity index is 285. The third-order valence-electron chi connectivity index (χ3n) is 2.05. The van der Waals surface area contributed by atoms with Gasteiger partial charge in [-0.2, -0.15) is 0 Å². The molecule has 1 aromatic heterocycles. The van der Waals surface area contributed by atoms with Crippen LogP contribution in [0.5, 0.6) is 5.88 Å². The van der Waals surface area contributed by atoms with E-state index in [1.165, 1.54) is 12.4 Å². The molecule has 0 unspecified atom stereocenters. The first-order valence-corrected chi connectivity index (χ1v) is 4.94. The van der Waals surface area contributed by atoms with E-state index in [9.17, 15) is 0 Å². The Balaban J connectivity index is 1.92. The van der Waals surface area contributed by atoms with E-state index in [2.05, 4.69) is 9.97 Å². The lowest BCUT2D eigenvalue weighted by Gasteiger charge is -2.22. The number of rotatable bonds is 2.